The molecule has 0 aliphatic carbocycles. The Bertz CT molecular complexity index is 1120. The van der Waals surface area contributed by atoms with Crippen LogP contribution < -0.4 is 14.2 Å². The Morgan fingerprint density at radius 2 is 1.83 bits per heavy atom. The second kappa shape index (κ2) is 8.39. The SMILES string of the molecule is COc1c(OC(C)=O)ccc(/C=C/c2ccc3cccc(OC)c3n2)c1[N+](=O)[O-]. The lowest BCUT2D eigenvalue weighted by molar-refractivity contribution is -0.386. The van der Waals surface area contributed by atoms with Gasteiger partial charge in [-0.1, -0.05) is 18.2 Å². The van der Waals surface area contributed by atoms with E-state index in [1.54, 1.807) is 25.3 Å². The molecule has 0 saturated carbocycles. The first-order chi connectivity index (χ1) is 13.9. The lowest BCUT2D eigenvalue weighted by Crippen LogP contribution is -2.05. The number of para-hydroxylation sites is 1. The van der Waals surface area contributed by atoms with Crippen molar-refractivity contribution < 1.29 is 23.9 Å². The molecule has 3 rings (SSSR count). The van der Waals surface area contributed by atoms with Crippen LogP contribution in [-0.2, 0) is 4.79 Å². The van der Waals surface area contributed by atoms with E-state index in [0.717, 1.165) is 5.39 Å². The average Bonchev–Trinajstić information content (AvgIpc) is 2.71. The van der Waals surface area contributed by atoms with Crippen molar-refractivity contribution in [1.29, 1.82) is 0 Å². The Labute approximate surface area is 166 Å². The van der Waals surface area contributed by atoms with Crippen molar-refractivity contribution in [3.8, 4) is 17.2 Å². The standard InChI is InChI=1S/C21H18N2O6/c1-13(24)29-18-12-9-15(20(23(25)26)21(18)28-3)8-11-16-10-7-14-5-4-6-17(27-2)19(14)22-16/h4-12H,1-3H3/b11-8+. The number of esters is 1. The predicted molar refractivity (Wildman–Crippen MR) is 108 cm³/mol. The third-order valence-electron chi connectivity index (χ3n) is 4.13. The summed E-state index contributed by atoms with van der Waals surface area (Å²) in [5.41, 5.74) is 1.26. The van der Waals surface area contributed by atoms with Crippen LogP contribution in [0.5, 0.6) is 17.2 Å². The maximum Gasteiger partial charge on any atom is 0.322 e. The molecule has 8 heteroatoms. The van der Waals surface area contributed by atoms with E-state index in [9.17, 15) is 14.9 Å². The number of nitro benzene ring substituents is 1. The zero-order valence-corrected chi connectivity index (χ0v) is 16.0. The molecule has 0 spiro atoms. The lowest BCUT2D eigenvalue weighted by atomic mass is 10.1. The van der Waals surface area contributed by atoms with Crippen LogP contribution >= 0.6 is 0 Å². The van der Waals surface area contributed by atoms with Crippen LogP contribution in [0.3, 0.4) is 0 Å². The number of benzene rings is 2. The summed E-state index contributed by atoms with van der Waals surface area (Å²) in [5.74, 6) is -0.107. The first kappa shape index (κ1) is 19.8. The lowest BCUT2D eigenvalue weighted by Gasteiger charge is -2.10. The number of hydrogen-bond acceptors (Lipinski definition) is 7. The summed E-state index contributed by atoms with van der Waals surface area (Å²) in [6.45, 7) is 1.21. The van der Waals surface area contributed by atoms with Gasteiger partial charge in [0, 0.05) is 12.3 Å². The molecule has 3 aromatic rings. The summed E-state index contributed by atoms with van der Waals surface area (Å²) < 4.78 is 15.5. The van der Waals surface area contributed by atoms with E-state index in [1.165, 1.54) is 26.2 Å². The summed E-state index contributed by atoms with van der Waals surface area (Å²) in [4.78, 5) is 26.8. The molecule has 1 heterocycles. The molecular weight excluding hydrogens is 376 g/mol. The van der Waals surface area contributed by atoms with Gasteiger partial charge < -0.3 is 14.2 Å². The summed E-state index contributed by atoms with van der Waals surface area (Å²) in [6, 6.07) is 12.2. The van der Waals surface area contributed by atoms with Gasteiger partial charge >= 0.3 is 11.7 Å². The molecule has 0 N–H and O–H groups in total. The maximum atomic E-state index is 11.6. The van der Waals surface area contributed by atoms with E-state index < -0.39 is 10.9 Å². The van der Waals surface area contributed by atoms with Gasteiger partial charge in [-0.2, -0.15) is 0 Å². The minimum absolute atomic E-state index is 0.0163. The smallest absolute Gasteiger partial charge is 0.322 e. The number of pyridine rings is 1. The van der Waals surface area contributed by atoms with Gasteiger partial charge in [0.15, 0.2) is 5.75 Å². The average molecular weight is 394 g/mol. The van der Waals surface area contributed by atoms with E-state index in [4.69, 9.17) is 14.2 Å². The van der Waals surface area contributed by atoms with Gasteiger partial charge in [-0.25, -0.2) is 4.98 Å². The van der Waals surface area contributed by atoms with Crippen molar-refractivity contribution >= 4 is 34.7 Å². The van der Waals surface area contributed by atoms with Gasteiger partial charge in [-0.3, -0.25) is 14.9 Å². The molecule has 2 aromatic carbocycles. The molecule has 0 fully saturated rings. The van der Waals surface area contributed by atoms with Crippen LogP contribution in [0.1, 0.15) is 18.2 Å². The molecule has 0 aliphatic rings. The fraction of sp³-hybridized carbons (Fsp3) is 0.143. The van der Waals surface area contributed by atoms with Crippen molar-refractivity contribution in [2.45, 2.75) is 6.92 Å². The van der Waals surface area contributed by atoms with Crippen LogP contribution in [0.15, 0.2) is 42.5 Å². The summed E-state index contributed by atoms with van der Waals surface area (Å²) in [7, 11) is 2.85. The monoisotopic (exact) mass is 394 g/mol. The number of methoxy groups -OCH3 is 2. The molecule has 0 radical (unpaired) electrons. The Morgan fingerprint density at radius 1 is 1.03 bits per heavy atom. The van der Waals surface area contributed by atoms with Crippen LogP contribution in [0.4, 0.5) is 5.69 Å². The Hall–Kier alpha value is -3.94. The van der Waals surface area contributed by atoms with E-state index in [-0.39, 0.29) is 22.7 Å². The molecule has 0 bridgehead atoms. The zero-order valence-electron chi connectivity index (χ0n) is 16.0. The molecule has 0 aliphatic heterocycles. The predicted octanol–water partition coefficient (Wildman–Crippen LogP) is 4.26. The van der Waals surface area contributed by atoms with Crippen molar-refractivity contribution in [2.75, 3.05) is 14.2 Å². The largest absolute Gasteiger partial charge is 0.494 e. The number of nitrogens with zero attached hydrogens (tertiary/aromatic N) is 2. The topological polar surface area (TPSA) is 101 Å². The minimum Gasteiger partial charge on any atom is -0.494 e. The second-order valence-corrected chi connectivity index (χ2v) is 5.99. The fourth-order valence-corrected chi connectivity index (χ4v) is 2.89. The van der Waals surface area contributed by atoms with Crippen LogP contribution in [-0.4, -0.2) is 30.1 Å². The molecule has 0 saturated heterocycles. The first-order valence-corrected chi connectivity index (χ1v) is 8.60. The van der Waals surface area contributed by atoms with Crippen LogP contribution in [0, 0.1) is 10.1 Å². The second-order valence-electron chi connectivity index (χ2n) is 5.99. The number of rotatable bonds is 6. The summed E-state index contributed by atoms with van der Waals surface area (Å²) in [5, 5.41) is 12.5. The van der Waals surface area contributed by atoms with E-state index in [2.05, 4.69) is 4.98 Å². The Kier molecular flexibility index (Phi) is 5.73. The fourth-order valence-electron chi connectivity index (χ4n) is 2.89. The van der Waals surface area contributed by atoms with E-state index in [0.29, 0.717) is 17.0 Å². The summed E-state index contributed by atoms with van der Waals surface area (Å²) in [6.07, 6.45) is 3.21. The van der Waals surface area contributed by atoms with Gasteiger partial charge in [-0.05, 0) is 36.4 Å². The molecule has 1 aromatic heterocycles. The van der Waals surface area contributed by atoms with Gasteiger partial charge in [0.05, 0.1) is 30.4 Å². The minimum atomic E-state index is -0.602. The van der Waals surface area contributed by atoms with Crippen molar-refractivity contribution in [3.05, 3.63) is 63.8 Å². The number of fused-ring (bicyclic) bond motifs is 1. The molecule has 29 heavy (non-hydrogen) atoms. The molecule has 8 nitrogen and oxygen atoms in total. The number of aromatic nitrogens is 1. The third-order valence-corrected chi connectivity index (χ3v) is 4.13. The van der Waals surface area contributed by atoms with Gasteiger partial charge in [-0.15, -0.1) is 0 Å². The maximum absolute atomic E-state index is 11.6. The van der Waals surface area contributed by atoms with Crippen LogP contribution in [0.2, 0.25) is 0 Å². The number of carbonyl (C=O) groups is 1. The van der Waals surface area contributed by atoms with Gasteiger partial charge in [0.1, 0.15) is 11.3 Å². The van der Waals surface area contributed by atoms with Crippen molar-refractivity contribution in [3.63, 3.8) is 0 Å². The molecule has 0 unspecified atom stereocenters. The molecule has 0 amide bonds. The highest BCUT2D eigenvalue weighted by molar-refractivity contribution is 5.86. The zero-order chi connectivity index (χ0) is 21.0. The number of hydrogen-bond donors (Lipinski definition) is 0. The molecule has 148 valence electrons. The number of ether oxygens (including phenoxy) is 3. The van der Waals surface area contributed by atoms with E-state index in [1.807, 2.05) is 24.3 Å². The Morgan fingerprint density at radius 3 is 2.48 bits per heavy atom. The quantitative estimate of drug-likeness (QED) is 0.266. The summed E-state index contributed by atoms with van der Waals surface area (Å²) >= 11 is 0. The highest BCUT2D eigenvalue weighted by atomic mass is 16.6. The van der Waals surface area contributed by atoms with E-state index >= 15 is 0 Å². The molecular formula is C21H18N2O6. The third kappa shape index (κ3) is 4.16. The number of carbonyl (C=O) groups excluding carboxylic acids is 1. The Balaban J connectivity index is 2.05. The highest BCUT2D eigenvalue weighted by Crippen LogP contribution is 2.40. The van der Waals surface area contributed by atoms with Crippen molar-refractivity contribution in [2.24, 2.45) is 0 Å². The van der Waals surface area contributed by atoms with Gasteiger partial charge in [0.25, 0.3) is 0 Å². The number of nitro groups is 1. The van der Waals surface area contributed by atoms with Gasteiger partial charge in [0.2, 0.25) is 5.75 Å². The van der Waals surface area contributed by atoms with Crippen molar-refractivity contribution in [1.82, 2.24) is 4.98 Å². The highest BCUT2D eigenvalue weighted by Gasteiger charge is 2.25. The molecule has 0 atom stereocenters. The van der Waals surface area contributed by atoms with Crippen LogP contribution in [0.25, 0.3) is 23.1 Å². The first-order valence-electron chi connectivity index (χ1n) is 8.60. The normalized spacial score (nSPS) is 10.9.